The van der Waals surface area contributed by atoms with E-state index in [9.17, 15) is 22.4 Å². The van der Waals surface area contributed by atoms with Crippen LogP contribution in [-0.4, -0.2) is 21.7 Å². The number of aromatic nitrogens is 2. The lowest BCUT2D eigenvalue weighted by atomic mass is 9.94. The summed E-state index contributed by atoms with van der Waals surface area (Å²) in [5.41, 5.74) is 0.540. The monoisotopic (exact) mass is 388 g/mol. The zero-order valence-electron chi connectivity index (χ0n) is 14.1. The average Bonchev–Trinajstić information content (AvgIpc) is 3.09. The van der Waals surface area contributed by atoms with Crippen molar-refractivity contribution in [3.05, 3.63) is 51.1 Å². The van der Waals surface area contributed by atoms with Gasteiger partial charge in [-0.3, -0.25) is 4.79 Å². The van der Waals surface area contributed by atoms with Crippen LogP contribution < -0.4 is 0 Å². The smallest absolute Gasteiger partial charge is 0.311 e. The minimum Gasteiger partial charge on any atom is -0.466 e. The highest BCUT2D eigenvalue weighted by Crippen LogP contribution is 2.36. The fourth-order valence-electron chi connectivity index (χ4n) is 3.41. The first-order chi connectivity index (χ1) is 12.3. The Bertz CT molecular complexity index is 925. The van der Waals surface area contributed by atoms with Crippen LogP contribution in [0.5, 0.6) is 0 Å². The van der Waals surface area contributed by atoms with E-state index in [2.05, 4.69) is 0 Å². The Labute approximate surface area is 152 Å². The second-order valence-electron chi connectivity index (χ2n) is 6.11. The predicted molar refractivity (Wildman–Crippen MR) is 87.3 cm³/mol. The van der Waals surface area contributed by atoms with Crippen molar-refractivity contribution in [3.63, 3.8) is 0 Å². The van der Waals surface area contributed by atoms with Crippen LogP contribution in [0.4, 0.5) is 17.6 Å². The van der Waals surface area contributed by atoms with E-state index >= 15 is 0 Å². The molecule has 1 aromatic carbocycles. The van der Waals surface area contributed by atoms with E-state index in [4.69, 9.17) is 17.0 Å². The van der Waals surface area contributed by atoms with Gasteiger partial charge in [0.25, 0.3) is 0 Å². The zero-order valence-corrected chi connectivity index (χ0v) is 14.9. The van der Waals surface area contributed by atoms with Crippen molar-refractivity contribution in [2.75, 3.05) is 6.61 Å². The van der Waals surface area contributed by atoms with E-state index in [0.717, 1.165) is 0 Å². The van der Waals surface area contributed by atoms with Crippen LogP contribution in [0.15, 0.2) is 6.07 Å². The molecule has 1 aliphatic heterocycles. The van der Waals surface area contributed by atoms with E-state index in [1.54, 1.807) is 23.1 Å². The van der Waals surface area contributed by atoms with Crippen molar-refractivity contribution >= 4 is 18.2 Å². The molecule has 1 atom stereocenters. The molecule has 0 amide bonds. The van der Waals surface area contributed by atoms with Gasteiger partial charge in [0.1, 0.15) is 0 Å². The summed E-state index contributed by atoms with van der Waals surface area (Å²) in [6.07, 6.45) is 0.0570. The van der Waals surface area contributed by atoms with Gasteiger partial charge in [0, 0.05) is 36.8 Å². The minimum absolute atomic E-state index is 0.0501. The molecule has 0 spiro atoms. The minimum atomic E-state index is -1.44. The maximum atomic E-state index is 14.1. The van der Waals surface area contributed by atoms with Gasteiger partial charge < -0.3 is 13.9 Å². The first kappa shape index (κ1) is 18.6. The number of ether oxygens (including phenoxy) is 1. The van der Waals surface area contributed by atoms with E-state index in [0.29, 0.717) is 16.2 Å². The van der Waals surface area contributed by atoms with Crippen LogP contribution >= 0.6 is 12.2 Å². The SMILES string of the molecule is CCOC(=O)Cc1c2n(c(=S)n1C)C[C@@H](c1c(F)c(F)cc(F)c1F)C2. The molecule has 0 radical (unpaired) electrons. The number of imidazole rings is 1. The molecule has 2 aromatic rings. The summed E-state index contributed by atoms with van der Waals surface area (Å²) in [4.78, 5) is 11.8. The van der Waals surface area contributed by atoms with E-state index in [1.165, 1.54) is 0 Å². The molecule has 1 aromatic heterocycles. The van der Waals surface area contributed by atoms with Crippen LogP contribution in [0.2, 0.25) is 0 Å². The Morgan fingerprint density at radius 3 is 2.46 bits per heavy atom. The molecular formula is C17H16F4N2O2S. The predicted octanol–water partition coefficient (Wildman–Crippen LogP) is 3.56. The topological polar surface area (TPSA) is 36.2 Å². The number of carbonyl (C=O) groups excluding carboxylic acids is 1. The van der Waals surface area contributed by atoms with Crippen molar-refractivity contribution in [2.24, 2.45) is 7.05 Å². The summed E-state index contributed by atoms with van der Waals surface area (Å²) in [5, 5.41) is 0. The number of halogens is 4. The van der Waals surface area contributed by atoms with Gasteiger partial charge in [-0.1, -0.05) is 0 Å². The molecule has 140 valence electrons. The highest BCUT2D eigenvalue weighted by Gasteiger charge is 2.34. The maximum absolute atomic E-state index is 14.1. The van der Waals surface area contributed by atoms with Gasteiger partial charge >= 0.3 is 5.97 Å². The van der Waals surface area contributed by atoms with E-state index in [-0.39, 0.29) is 32.1 Å². The molecule has 26 heavy (non-hydrogen) atoms. The third kappa shape index (κ3) is 2.94. The van der Waals surface area contributed by atoms with Gasteiger partial charge in [-0.15, -0.1) is 0 Å². The highest BCUT2D eigenvalue weighted by molar-refractivity contribution is 7.71. The van der Waals surface area contributed by atoms with Gasteiger partial charge in [0.2, 0.25) is 0 Å². The third-order valence-electron chi connectivity index (χ3n) is 4.60. The molecule has 0 bridgehead atoms. The van der Waals surface area contributed by atoms with E-state index < -0.39 is 40.7 Å². The Morgan fingerprint density at radius 1 is 1.27 bits per heavy atom. The lowest BCUT2D eigenvalue weighted by molar-refractivity contribution is -0.142. The van der Waals surface area contributed by atoms with Gasteiger partial charge in [0.05, 0.1) is 18.7 Å². The number of hydrogen-bond acceptors (Lipinski definition) is 3. The summed E-state index contributed by atoms with van der Waals surface area (Å²) in [5.74, 6) is -6.95. The largest absolute Gasteiger partial charge is 0.466 e. The number of nitrogens with zero attached hydrogens (tertiary/aromatic N) is 2. The molecular weight excluding hydrogens is 372 g/mol. The fourth-order valence-corrected chi connectivity index (χ4v) is 3.70. The van der Waals surface area contributed by atoms with Crippen LogP contribution in [0.25, 0.3) is 0 Å². The van der Waals surface area contributed by atoms with Crippen LogP contribution in [0.3, 0.4) is 0 Å². The van der Waals surface area contributed by atoms with Crippen LogP contribution in [0.1, 0.15) is 29.8 Å². The van der Waals surface area contributed by atoms with E-state index in [1.807, 2.05) is 0 Å². The molecule has 0 N–H and O–H groups in total. The molecule has 2 heterocycles. The molecule has 0 saturated carbocycles. The normalized spacial score (nSPS) is 16.0. The van der Waals surface area contributed by atoms with Gasteiger partial charge in [0.15, 0.2) is 28.0 Å². The molecule has 9 heteroatoms. The molecule has 0 fully saturated rings. The first-order valence-corrected chi connectivity index (χ1v) is 8.42. The van der Waals surface area contributed by atoms with Crippen LogP contribution in [-0.2, 0) is 36.0 Å². The summed E-state index contributed by atoms with van der Waals surface area (Å²) in [6, 6.07) is 0.189. The summed E-state index contributed by atoms with van der Waals surface area (Å²) < 4.78 is 63.9. The average molecular weight is 388 g/mol. The quantitative estimate of drug-likeness (QED) is 0.348. The van der Waals surface area contributed by atoms with Crippen molar-refractivity contribution < 1.29 is 27.1 Å². The third-order valence-corrected chi connectivity index (χ3v) is 5.09. The molecule has 3 rings (SSSR count). The molecule has 0 unspecified atom stereocenters. The second kappa shape index (κ2) is 6.86. The Balaban J connectivity index is 2.01. The maximum Gasteiger partial charge on any atom is 0.311 e. The number of hydrogen-bond donors (Lipinski definition) is 0. The Hall–Kier alpha value is -2.16. The highest BCUT2D eigenvalue weighted by atomic mass is 32.1. The zero-order chi connectivity index (χ0) is 19.2. The number of carbonyl (C=O) groups is 1. The molecule has 4 nitrogen and oxygen atoms in total. The lowest BCUT2D eigenvalue weighted by Gasteiger charge is -2.14. The Morgan fingerprint density at radius 2 is 1.88 bits per heavy atom. The van der Waals surface area contributed by atoms with Crippen LogP contribution in [0, 0.1) is 28.0 Å². The summed E-state index contributed by atoms with van der Waals surface area (Å²) >= 11 is 5.32. The van der Waals surface area contributed by atoms with Crippen molar-refractivity contribution in [3.8, 4) is 0 Å². The molecule has 1 aliphatic rings. The number of benzene rings is 1. The number of fused-ring (bicyclic) bond motifs is 1. The van der Waals surface area contributed by atoms with Gasteiger partial charge in [-0.05, 0) is 25.6 Å². The van der Waals surface area contributed by atoms with Gasteiger partial charge in [-0.25, -0.2) is 17.6 Å². The summed E-state index contributed by atoms with van der Waals surface area (Å²) in [7, 11) is 1.68. The summed E-state index contributed by atoms with van der Waals surface area (Å²) in [6.45, 7) is 1.98. The molecule has 0 saturated heterocycles. The van der Waals surface area contributed by atoms with Crippen molar-refractivity contribution in [1.29, 1.82) is 0 Å². The first-order valence-electron chi connectivity index (χ1n) is 8.02. The van der Waals surface area contributed by atoms with Crippen molar-refractivity contribution in [2.45, 2.75) is 32.2 Å². The second-order valence-corrected chi connectivity index (χ2v) is 6.48. The number of rotatable bonds is 4. The van der Waals surface area contributed by atoms with Crippen molar-refractivity contribution in [1.82, 2.24) is 9.13 Å². The lowest BCUT2D eigenvalue weighted by Crippen LogP contribution is -2.14. The Kier molecular flexibility index (Phi) is 4.92. The fraction of sp³-hybridized carbons (Fsp3) is 0.412. The molecule has 0 aliphatic carbocycles. The van der Waals surface area contributed by atoms with Gasteiger partial charge in [-0.2, -0.15) is 0 Å². The number of esters is 1. The standard InChI is InChI=1S/C17H16F4N2O2S/c1-3-25-13(24)6-11-12-4-8(7-23(12)17(26)22(11)2)14-15(20)9(18)5-10(19)16(14)21/h5,8H,3-4,6-7H2,1-2H3/t8-/m0/s1.